The van der Waals surface area contributed by atoms with Gasteiger partial charge in [0.05, 0.1) is 0 Å². The highest BCUT2D eigenvalue weighted by atomic mass is 16.2. The van der Waals surface area contributed by atoms with Crippen molar-refractivity contribution in [3.05, 3.63) is 20.8 Å². The van der Waals surface area contributed by atoms with Gasteiger partial charge in [-0.05, 0) is 25.2 Å². The number of rotatable bonds is 4. The van der Waals surface area contributed by atoms with Gasteiger partial charge in [-0.25, -0.2) is 4.79 Å². The summed E-state index contributed by atoms with van der Waals surface area (Å²) < 4.78 is 5.04. The van der Waals surface area contributed by atoms with Gasteiger partial charge in [0.15, 0.2) is 11.2 Å². The first-order chi connectivity index (χ1) is 13.0. The van der Waals surface area contributed by atoms with E-state index in [0.717, 1.165) is 31.9 Å². The van der Waals surface area contributed by atoms with Crippen molar-refractivity contribution in [1.82, 2.24) is 18.7 Å². The summed E-state index contributed by atoms with van der Waals surface area (Å²) in [7, 11) is 1.74. The molecule has 1 fully saturated rings. The Labute approximate surface area is 159 Å². The van der Waals surface area contributed by atoms with Crippen LogP contribution in [-0.2, 0) is 20.1 Å². The van der Waals surface area contributed by atoms with E-state index in [1.807, 2.05) is 0 Å². The smallest absolute Gasteiger partial charge is 0.332 e. The molecule has 0 N–H and O–H groups in total. The summed E-state index contributed by atoms with van der Waals surface area (Å²) >= 11 is 0. The molecule has 0 spiro atoms. The highest BCUT2D eigenvalue weighted by molar-refractivity contribution is 5.75. The number of aromatic nitrogens is 4. The molecule has 1 saturated carbocycles. The molecule has 0 radical (unpaired) electrons. The minimum Gasteiger partial charge on any atom is -0.339 e. The Morgan fingerprint density at radius 1 is 1.11 bits per heavy atom. The third kappa shape index (κ3) is 3.01. The molecule has 7 heteroatoms. The van der Waals surface area contributed by atoms with Crippen LogP contribution in [0.4, 0.5) is 5.95 Å². The standard InChI is InChI=1S/C20H31N5O2/c1-4-5-11-23-18(26)16-17(22(3)20(23)27)21-19-24(12-14(2)13-25(16)19)15-9-7-6-8-10-15/h14-15H,4-13H2,1-3H3. The van der Waals surface area contributed by atoms with Gasteiger partial charge in [0, 0.05) is 32.7 Å². The molecule has 1 aliphatic heterocycles. The Morgan fingerprint density at radius 2 is 1.85 bits per heavy atom. The van der Waals surface area contributed by atoms with Crippen molar-refractivity contribution in [3.63, 3.8) is 0 Å². The zero-order valence-corrected chi connectivity index (χ0v) is 16.8. The lowest BCUT2D eigenvalue weighted by atomic mass is 9.93. The SMILES string of the molecule is CCCCn1c(=O)c2c(nc3n2CC(C)CN3C2CCCCC2)n(C)c1=O. The van der Waals surface area contributed by atoms with Crippen molar-refractivity contribution in [2.45, 2.75) is 77.9 Å². The first kappa shape index (κ1) is 18.3. The Kier molecular flexibility index (Phi) is 4.86. The summed E-state index contributed by atoms with van der Waals surface area (Å²) in [5.74, 6) is 1.34. The zero-order valence-electron chi connectivity index (χ0n) is 16.8. The molecule has 3 heterocycles. The quantitative estimate of drug-likeness (QED) is 0.826. The average molecular weight is 374 g/mol. The van der Waals surface area contributed by atoms with Gasteiger partial charge < -0.3 is 9.47 Å². The lowest BCUT2D eigenvalue weighted by Gasteiger charge is -2.40. The predicted octanol–water partition coefficient (Wildman–Crippen LogP) is 2.49. The molecule has 0 amide bonds. The molecule has 7 nitrogen and oxygen atoms in total. The number of fused-ring (bicyclic) bond motifs is 3. The second-order valence-electron chi connectivity index (χ2n) is 8.40. The van der Waals surface area contributed by atoms with E-state index in [1.165, 1.54) is 36.7 Å². The third-order valence-electron chi connectivity index (χ3n) is 6.22. The van der Waals surface area contributed by atoms with Crippen LogP contribution in [0.15, 0.2) is 9.59 Å². The van der Waals surface area contributed by atoms with Crippen molar-refractivity contribution in [1.29, 1.82) is 0 Å². The van der Waals surface area contributed by atoms with E-state index in [9.17, 15) is 9.59 Å². The Bertz CT molecular complexity index is 948. The van der Waals surface area contributed by atoms with Gasteiger partial charge >= 0.3 is 5.69 Å². The van der Waals surface area contributed by atoms with Gasteiger partial charge in [0.25, 0.3) is 5.56 Å². The van der Waals surface area contributed by atoms with Crippen LogP contribution < -0.4 is 16.1 Å². The summed E-state index contributed by atoms with van der Waals surface area (Å²) in [6.45, 7) is 6.54. The molecule has 27 heavy (non-hydrogen) atoms. The minimum absolute atomic E-state index is 0.182. The number of hydrogen-bond acceptors (Lipinski definition) is 4. The van der Waals surface area contributed by atoms with E-state index in [2.05, 4.69) is 23.3 Å². The van der Waals surface area contributed by atoms with Gasteiger partial charge in [0.2, 0.25) is 5.95 Å². The molecule has 0 bridgehead atoms. The number of unbranched alkanes of at least 4 members (excludes halogenated alkanes) is 1. The molecule has 1 atom stereocenters. The second-order valence-corrected chi connectivity index (χ2v) is 8.40. The summed E-state index contributed by atoms with van der Waals surface area (Å²) in [4.78, 5) is 33.2. The van der Waals surface area contributed by atoms with Gasteiger partial charge in [-0.15, -0.1) is 0 Å². The van der Waals surface area contributed by atoms with Gasteiger partial charge in [0.1, 0.15) is 0 Å². The van der Waals surface area contributed by atoms with Crippen molar-refractivity contribution in [2.24, 2.45) is 13.0 Å². The molecule has 1 aliphatic carbocycles. The summed E-state index contributed by atoms with van der Waals surface area (Å²) in [6, 6.07) is 0.497. The highest BCUT2D eigenvalue weighted by Crippen LogP contribution is 2.32. The van der Waals surface area contributed by atoms with Crippen LogP contribution in [0.25, 0.3) is 11.2 Å². The Morgan fingerprint density at radius 3 is 2.56 bits per heavy atom. The highest BCUT2D eigenvalue weighted by Gasteiger charge is 2.33. The monoisotopic (exact) mass is 373 g/mol. The predicted molar refractivity (Wildman–Crippen MR) is 108 cm³/mol. The number of hydrogen-bond donors (Lipinski definition) is 0. The van der Waals surface area contributed by atoms with Crippen LogP contribution >= 0.6 is 0 Å². The van der Waals surface area contributed by atoms with Gasteiger partial charge in [-0.3, -0.25) is 13.9 Å². The van der Waals surface area contributed by atoms with Crippen LogP contribution in [0.3, 0.4) is 0 Å². The Balaban J connectivity index is 1.90. The van der Waals surface area contributed by atoms with Crippen LogP contribution in [0, 0.1) is 5.92 Å². The van der Waals surface area contributed by atoms with E-state index >= 15 is 0 Å². The molecule has 2 aromatic heterocycles. The third-order valence-corrected chi connectivity index (χ3v) is 6.22. The van der Waals surface area contributed by atoms with Crippen molar-refractivity contribution in [2.75, 3.05) is 11.4 Å². The molecule has 148 valence electrons. The van der Waals surface area contributed by atoms with E-state index < -0.39 is 0 Å². The summed E-state index contributed by atoms with van der Waals surface area (Å²) in [5, 5.41) is 0. The molecule has 0 aromatic carbocycles. The Hall–Kier alpha value is -2.05. The van der Waals surface area contributed by atoms with Crippen molar-refractivity contribution in [3.8, 4) is 0 Å². The summed E-state index contributed by atoms with van der Waals surface area (Å²) in [6.07, 6.45) is 7.99. The van der Waals surface area contributed by atoms with Crippen LogP contribution in [-0.4, -0.2) is 31.3 Å². The topological polar surface area (TPSA) is 65.1 Å². The maximum atomic E-state index is 13.2. The number of aryl methyl sites for hydroxylation is 1. The van der Waals surface area contributed by atoms with Crippen LogP contribution in [0.5, 0.6) is 0 Å². The van der Waals surface area contributed by atoms with Crippen molar-refractivity contribution < 1.29 is 0 Å². The van der Waals surface area contributed by atoms with E-state index in [4.69, 9.17) is 4.98 Å². The number of nitrogens with zero attached hydrogens (tertiary/aromatic N) is 5. The first-order valence-corrected chi connectivity index (χ1v) is 10.5. The second kappa shape index (κ2) is 7.17. The van der Waals surface area contributed by atoms with Gasteiger partial charge in [-0.1, -0.05) is 39.5 Å². The molecular weight excluding hydrogens is 342 g/mol. The fraction of sp³-hybridized carbons (Fsp3) is 0.750. The zero-order chi connectivity index (χ0) is 19.1. The minimum atomic E-state index is -0.256. The fourth-order valence-electron chi connectivity index (χ4n) is 4.76. The maximum Gasteiger partial charge on any atom is 0.332 e. The van der Waals surface area contributed by atoms with Crippen LogP contribution in [0.1, 0.15) is 58.8 Å². The molecule has 1 unspecified atom stereocenters. The maximum absolute atomic E-state index is 13.2. The van der Waals surface area contributed by atoms with E-state index in [-0.39, 0.29) is 11.2 Å². The molecule has 2 aliphatic rings. The lowest BCUT2D eigenvalue weighted by Crippen LogP contribution is -2.45. The number of anilines is 1. The lowest BCUT2D eigenvalue weighted by molar-refractivity contribution is 0.354. The molecule has 0 saturated heterocycles. The number of imidazole rings is 1. The first-order valence-electron chi connectivity index (χ1n) is 10.5. The van der Waals surface area contributed by atoms with Crippen LogP contribution in [0.2, 0.25) is 0 Å². The molecule has 4 rings (SSSR count). The largest absolute Gasteiger partial charge is 0.339 e. The van der Waals surface area contributed by atoms with E-state index in [0.29, 0.717) is 29.7 Å². The normalized spacial score (nSPS) is 21.0. The summed E-state index contributed by atoms with van der Waals surface area (Å²) in [5.41, 5.74) is 0.685. The molecular formula is C20H31N5O2. The average Bonchev–Trinajstić information content (AvgIpc) is 3.06. The van der Waals surface area contributed by atoms with Gasteiger partial charge in [-0.2, -0.15) is 4.98 Å². The van der Waals surface area contributed by atoms with Crippen molar-refractivity contribution >= 4 is 17.1 Å². The van der Waals surface area contributed by atoms with E-state index in [1.54, 1.807) is 11.6 Å². The fourth-order valence-corrected chi connectivity index (χ4v) is 4.76. The molecule has 2 aromatic rings.